The number of amides is 1. The lowest BCUT2D eigenvalue weighted by Gasteiger charge is -2.40. The van der Waals surface area contributed by atoms with Gasteiger partial charge in [-0.2, -0.15) is 0 Å². The third kappa shape index (κ3) is 3.20. The number of ether oxygens (including phenoxy) is 1. The van der Waals surface area contributed by atoms with Gasteiger partial charge in [-0.05, 0) is 68.3 Å². The summed E-state index contributed by atoms with van der Waals surface area (Å²) in [6.07, 6.45) is 3.53. The molecule has 1 amide bonds. The molecular formula is C20H27FN2O2. The number of hydrogen-bond donors (Lipinski definition) is 1. The van der Waals surface area contributed by atoms with E-state index in [1.54, 1.807) is 12.1 Å². The first-order valence-corrected chi connectivity index (χ1v) is 9.53. The third-order valence-corrected chi connectivity index (χ3v) is 6.46. The number of hydrogen-bond acceptors (Lipinski definition) is 3. The zero-order valence-corrected chi connectivity index (χ0v) is 14.7. The van der Waals surface area contributed by atoms with Crippen LogP contribution in [-0.4, -0.2) is 50.2 Å². The van der Waals surface area contributed by atoms with Gasteiger partial charge in [-0.15, -0.1) is 0 Å². The van der Waals surface area contributed by atoms with Crippen molar-refractivity contribution in [3.8, 4) is 0 Å². The first kappa shape index (κ1) is 17.0. The Morgan fingerprint density at radius 2 is 1.68 bits per heavy atom. The van der Waals surface area contributed by atoms with E-state index in [1.807, 2.05) is 0 Å². The Hall–Kier alpha value is -1.46. The Morgan fingerprint density at radius 1 is 1.08 bits per heavy atom. The smallest absolute Gasteiger partial charge is 0.233 e. The third-order valence-electron chi connectivity index (χ3n) is 6.46. The number of benzene rings is 1. The maximum absolute atomic E-state index is 13.6. The van der Waals surface area contributed by atoms with Crippen LogP contribution in [0.1, 0.15) is 31.2 Å². The lowest BCUT2D eigenvalue weighted by Crippen LogP contribution is -2.50. The molecule has 4 rings (SSSR count). The molecule has 0 saturated carbocycles. The van der Waals surface area contributed by atoms with Gasteiger partial charge in [-0.1, -0.05) is 12.1 Å². The molecule has 3 saturated heterocycles. The van der Waals surface area contributed by atoms with Crippen LogP contribution in [0.15, 0.2) is 24.3 Å². The van der Waals surface area contributed by atoms with Gasteiger partial charge in [-0.3, -0.25) is 4.79 Å². The molecule has 2 atom stereocenters. The van der Waals surface area contributed by atoms with Crippen molar-refractivity contribution in [2.45, 2.75) is 31.1 Å². The van der Waals surface area contributed by atoms with Crippen molar-refractivity contribution >= 4 is 5.91 Å². The van der Waals surface area contributed by atoms with Gasteiger partial charge in [0.05, 0.1) is 5.41 Å². The molecule has 0 unspecified atom stereocenters. The summed E-state index contributed by atoms with van der Waals surface area (Å²) in [5.74, 6) is 1.37. The van der Waals surface area contributed by atoms with Gasteiger partial charge in [0.1, 0.15) is 5.82 Å². The fourth-order valence-electron chi connectivity index (χ4n) is 4.84. The summed E-state index contributed by atoms with van der Waals surface area (Å²) in [6.45, 7) is 5.03. The summed E-state index contributed by atoms with van der Waals surface area (Å²) in [7, 11) is 0. The van der Waals surface area contributed by atoms with E-state index in [9.17, 15) is 9.18 Å². The fourth-order valence-corrected chi connectivity index (χ4v) is 4.84. The number of fused-ring (bicyclic) bond motifs is 1. The molecule has 4 nitrogen and oxygen atoms in total. The van der Waals surface area contributed by atoms with Crippen LogP contribution in [0.2, 0.25) is 0 Å². The maximum atomic E-state index is 13.6. The molecule has 5 heteroatoms. The second kappa shape index (κ2) is 7.04. The minimum Gasteiger partial charge on any atom is -0.381 e. The zero-order valence-electron chi connectivity index (χ0n) is 14.7. The van der Waals surface area contributed by atoms with Crippen LogP contribution >= 0.6 is 0 Å². The van der Waals surface area contributed by atoms with Crippen molar-refractivity contribution in [3.63, 3.8) is 0 Å². The molecule has 3 heterocycles. The van der Waals surface area contributed by atoms with Crippen LogP contribution in [0.3, 0.4) is 0 Å². The number of rotatable bonds is 2. The standard InChI is InChI=1S/C20H27FN2O2/c21-18-3-1-17(2-4-18)20(7-11-25-12-8-20)19(24)23-9-5-15-13-22-14-16(15)6-10-23/h1-4,15-16,22H,5-14H2/t15-,16+. The average Bonchev–Trinajstić information content (AvgIpc) is 3.01. The number of carbonyl (C=O) groups excluding carboxylic acids is 1. The van der Waals surface area contributed by atoms with E-state index >= 15 is 0 Å². The van der Waals surface area contributed by atoms with Crippen LogP contribution in [0.5, 0.6) is 0 Å². The van der Waals surface area contributed by atoms with Gasteiger partial charge >= 0.3 is 0 Å². The number of likely N-dealkylation sites (tertiary alicyclic amines) is 1. The highest BCUT2D eigenvalue weighted by atomic mass is 19.1. The monoisotopic (exact) mass is 346 g/mol. The molecule has 1 aromatic carbocycles. The molecular weight excluding hydrogens is 319 g/mol. The summed E-state index contributed by atoms with van der Waals surface area (Å²) in [5, 5.41) is 3.48. The number of halogens is 1. The zero-order chi connectivity index (χ0) is 17.3. The highest BCUT2D eigenvalue weighted by molar-refractivity contribution is 5.88. The number of nitrogens with one attached hydrogen (secondary N) is 1. The topological polar surface area (TPSA) is 41.6 Å². The Balaban J connectivity index is 1.58. The van der Waals surface area contributed by atoms with Gasteiger partial charge in [0.15, 0.2) is 0 Å². The van der Waals surface area contributed by atoms with Gasteiger partial charge in [0, 0.05) is 26.3 Å². The van der Waals surface area contributed by atoms with Crippen LogP contribution in [-0.2, 0) is 14.9 Å². The highest BCUT2D eigenvalue weighted by Crippen LogP contribution is 2.38. The lowest BCUT2D eigenvalue weighted by molar-refractivity contribution is -0.141. The fraction of sp³-hybridized carbons (Fsp3) is 0.650. The predicted molar refractivity (Wildman–Crippen MR) is 93.8 cm³/mol. The Labute approximate surface area is 148 Å². The molecule has 3 aliphatic heterocycles. The Kier molecular flexibility index (Phi) is 4.78. The molecule has 0 aliphatic carbocycles. The summed E-state index contributed by atoms with van der Waals surface area (Å²) in [6, 6.07) is 6.51. The second-order valence-electron chi connectivity index (χ2n) is 7.75. The van der Waals surface area contributed by atoms with Crippen molar-refractivity contribution in [2.24, 2.45) is 11.8 Å². The van der Waals surface area contributed by atoms with Crippen LogP contribution < -0.4 is 5.32 Å². The van der Waals surface area contributed by atoms with E-state index in [-0.39, 0.29) is 11.7 Å². The van der Waals surface area contributed by atoms with E-state index in [0.717, 1.165) is 44.6 Å². The number of carbonyl (C=O) groups is 1. The van der Waals surface area contributed by atoms with Gasteiger partial charge in [-0.25, -0.2) is 4.39 Å². The van der Waals surface area contributed by atoms with E-state index in [1.165, 1.54) is 12.1 Å². The molecule has 0 radical (unpaired) electrons. The van der Waals surface area contributed by atoms with Crippen molar-refractivity contribution in [2.75, 3.05) is 39.4 Å². The van der Waals surface area contributed by atoms with E-state index < -0.39 is 5.41 Å². The normalized spacial score (nSPS) is 29.1. The molecule has 25 heavy (non-hydrogen) atoms. The van der Waals surface area contributed by atoms with Crippen LogP contribution in [0.25, 0.3) is 0 Å². The minimum absolute atomic E-state index is 0.218. The highest BCUT2D eigenvalue weighted by Gasteiger charge is 2.45. The average molecular weight is 346 g/mol. The summed E-state index contributed by atoms with van der Waals surface area (Å²) < 4.78 is 18.9. The quantitative estimate of drug-likeness (QED) is 0.894. The summed E-state index contributed by atoms with van der Waals surface area (Å²) in [4.78, 5) is 15.7. The molecule has 0 spiro atoms. The molecule has 0 bridgehead atoms. The second-order valence-corrected chi connectivity index (χ2v) is 7.75. The van der Waals surface area contributed by atoms with Crippen molar-refractivity contribution < 1.29 is 13.9 Å². The number of nitrogens with zero attached hydrogens (tertiary/aromatic N) is 1. The Morgan fingerprint density at radius 3 is 2.28 bits per heavy atom. The maximum Gasteiger partial charge on any atom is 0.233 e. The molecule has 1 N–H and O–H groups in total. The predicted octanol–water partition coefficient (Wildman–Crippen LogP) is 2.33. The molecule has 1 aromatic rings. The summed E-state index contributed by atoms with van der Waals surface area (Å²) >= 11 is 0. The van der Waals surface area contributed by atoms with E-state index in [0.29, 0.717) is 37.9 Å². The SMILES string of the molecule is O=C(N1CC[C@@H]2CNC[C@@H]2CC1)C1(c2ccc(F)cc2)CCOCC1. The summed E-state index contributed by atoms with van der Waals surface area (Å²) in [5.41, 5.74) is 0.386. The van der Waals surface area contributed by atoms with Gasteiger partial charge < -0.3 is 15.0 Å². The van der Waals surface area contributed by atoms with Crippen molar-refractivity contribution in [1.82, 2.24) is 10.2 Å². The molecule has 136 valence electrons. The largest absolute Gasteiger partial charge is 0.381 e. The minimum atomic E-state index is -0.552. The van der Waals surface area contributed by atoms with Crippen LogP contribution in [0, 0.1) is 17.7 Å². The molecule has 0 aromatic heterocycles. The van der Waals surface area contributed by atoms with E-state index in [2.05, 4.69) is 10.2 Å². The van der Waals surface area contributed by atoms with Crippen molar-refractivity contribution in [1.29, 1.82) is 0 Å². The Bertz CT molecular complexity index is 599. The molecule has 3 aliphatic rings. The first-order chi connectivity index (χ1) is 12.2. The van der Waals surface area contributed by atoms with Crippen LogP contribution in [0.4, 0.5) is 4.39 Å². The van der Waals surface area contributed by atoms with E-state index in [4.69, 9.17) is 4.74 Å². The van der Waals surface area contributed by atoms with Gasteiger partial charge in [0.25, 0.3) is 0 Å². The van der Waals surface area contributed by atoms with Gasteiger partial charge in [0.2, 0.25) is 5.91 Å². The lowest BCUT2D eigenvalue weighted by atomic mass is 9.73. The molecule has 3 fully saturated rings. The first-order valence-electron chi connectivity index (χ1n) is 9.53. The van der Waals surface area contributed by atoms with Crippen molar-refractivity contribution in [3.05, 3.63) is 35.6 Å².